The molecule has 3 radical (unpaired) electrons. The van der Waals surface area contributed by atoms with Crippen LogP contribution in [0.3, 0.4) is 0 Å². The van der Waals surface area contributed by atoms with E-state index in [1.807, 2.05) is 0 Å². The number of hydrogen-bond acceptors (Lipinski definition) is 2. The van der Waals surface area contributed by atoms with Gasteiger partial charge in [-0.05, 0) is 7.43 Å². The second-order valence-electron chi connectivity index (χ2n) is 0.986. The zero-order chi connectivity index (χ0) is 4.83. The molecule has 2 nitrogen and oxygen atoms in total. The van der Waals surface area contributed by atoms with Crippen LogP contribution in [-0.4, -0.2) is 27.4 Å². The molecule has 0 fully saturated rings. The van der Waals surface area contributed by atoms with E-state index >= 15 is 0 Å². The first-order valence-corrected chi connectivity index (χ1v) is 1.89. The topological polar surface area (TPSA) is 18.5 Å². The van der Waals surface area contributed by atoms with Crippen LogP contribution in [0.2, 0.25) is 0 Å². The Morgan fingerprint density at radius 3 is 1.43 bits per heavy atom. The molecular weight excluding hydrogens is 92.1 g/mol. The highest BCUT2D eigenvalue weighted by atomic mass is 16.5. The van der Waals surface area contributed by atoms with Gasteiger partial charge in [-0.2, -0.15) is 0 Å². The first-order valence-electron chi connectivity index (χ1n) is 1.89. The zero-order valence-corrected chi connectivity index (χ0v) is 4.81. The van der Waals surface area contributed by atoms with Crippen molar-refractivity contribution in [2.45, 2.75) is 0 Å². The summed E-state index contributed by atoms with van der Waals surface area (Å²) in [5, 5.41) is 0. The normalized spacial score (nSPS) is 7.71. The Morgan fingerprint density at radius 1 is 1.00 bits per heavy atom. The predicted molar refractivity (Wildman–Crippen MR) is 28.1 cm³/mol. The standard InChI is InChI=1S/C4H10O2.CH/c1-5-3-4-6-2;/h3-4H2,1-2H3;1H. The van der Waals surface area contributed by atoms with E-state index in [4.69, 9.17) is 0 Å². The summed E-state index contributed by atoms with van der Waals surface area (Å²) in [4.78, 5) is 0. The molecule has 0 saturated heterocycles. The first-order chi connectivity index (χ1) is 2.91. The Morgan fingerprint density at radius 2 is 1.29 bits per heavy atom. The highest BCUT2D eigenvalue weighted by molar-refractivity contribution is 4.17. The van der Waals surface area contributed by atoms with E-state index < -0.39 is 0 Å². The summed E-state index contributed by atoms with van der Waals surface area (Å²) in [6.45, 7) is 1.38. The van der Waals surface area contributed by atoms with Gasteiger partial charge in [0.1, 0.15) is 0 Å². The van der Waals surface area contributed by atoms with E-state index in [0.717, 1.165) is 0 Å². The Bertz CT molecular complexity index is 18.0. The summed E-state index contributed by atoms with van der Waals surface area (Å²) in [5.41, 5.74) is 0. The van der Waals surface area contributed by atoms with Gasteiger partial charge in [0.15, 0.2) is 0 Å². The van der Waals surface area contributed by atoms with E-state index in [9.17, 15) is 0 Å². The van der Waals surface area contributed by atoms with Crippen LogP contribution < -0.4 is 0 Å². The molecule has 0 aliphatic carbocycles. The SMILES string of the molecule is COCCOC.[CH]. The summed E-state index contributed by atoms with van der Waals surface area (Å²) in [6.07, 6.45) is 0. The molecule has 43 valence electrons. The molecule has 2 heteroatoms. The summed E-state index contributed by atoms with van der Waals surface area (Å²) in [6, 6.07) is 0. The molecule has 0 rings (SSSR count). The van der Waals surface area contributed by atoms with E-state index in [1.165, 1.54) is 0 Å². The fraction of sp³-hybridized carbons (Fsp3) is 0.800. The van der Waals surface area contributed by atoms with Crippen LogP contribution in [0.25, 0.3) is 0 Å². The molecule has 0 saturated carbocycles. The molecule has 0 aliphatic rings. The Hall–Kier alpha value is -0.0800. The third-order valence-electron chi connectivity index (χ3n) is 0.492. The van der Waals surface area contributed by atoms with Gasteiger partial charge in [-0.1, -0.05) is 0 Å². The lowest BCUT2D eigenvalue weighted by Crippen LogP contribution is -1.96. The maximum atomic E-state index is 4.66. The lowest BCUT2D eigenvalue weighted by atomic mass is 10.8. The fourth-order valence-electron chi connectivity index (χ4n) is 0.167. The van der Waals surface area contributed by atoms with Gasteiger partial charge < -0.3 is 9.47 Å². The molecule has 0 aromatic heterocycles. The van der Waals surface area contributed by atoms with E-state index in [1.54, 1.807) is 14.2 Å². The highest BCUT2D eigenvalue weighted by Gasteiger charge is 1.73. The summed E-state index contributed by atoms with van der Waals surface area (Å²) < 4.78 is 9.31. The van der Waals surface area contributed by atoms with Crippen LogP contribution in [0, 0.1) is 7.43 Å². The minimum absolute atomic E-state index is 0. The van der Waals surface area contributed by atoms with Crippen molar-refractivity contribution < 1.29 is 9.47 Å². The molecule has 0 heterocycles. The Labute approximate surface area is 45.4 Å². The van der Waals surface area contributed by atoms with Gasteiger partial charge in [-0.25, -0.2) is 0 Å². The van der Waals surface area contributed by atoms with E-state index in [-0.39, 0.29) is 7.43 Å². The second kappa shape index (κ2) is 9.33. The largest absolute Gasteiger partial charge is 0.382 e. The third kappa shape index (κ3) is 10.7. The fourth-order valence-corrected chi connectivity index (χ4v) is 0.167. The number of hydrogen-bond donors (Lipinski definition) is 0. The molecular formula is C5H11O2. The molecule has 0 atom stereocenters. The van der Waals surface area contributed by atoms with Crippen molar-refractivity contribution in [3.63, 3.8) is 0 Å². The zero-order valence-electron chi connectivity index (χ0n) is 4.81. The van der Waals surface area contributed by atoms with Crippen molar-refractivity contribution >= 4 is 0 Å². The van der Waals surface area contributed by atoms with Gasteiger partial charge in [0.05, 0.1) is 13.2 Å². The Kier molecular flexibility index (Phi) is 13.3. The molecule has 7 heavy (non-hydrogen) atoms. The van der Waals surface area contributed by atoms with Crippen LogP contribution >= 0.6 is 0 Å². The van der Waals surface area contributed by atoms with Crippen molar-refractivity contribution in [2.24, 2.45) is 0 Å². The van der Waals surface area contributed by atoms with Gasteiger partial charge in [-0.3, -0.25) is 0 Å². The third-order valence-corrected chi connectivity index (χ3v) is 0.492. The number of rotatable bonds is 3. The van der Waals surface area contributed by atoms with Crippen LogP contribution in [0.1, 0.15) is 0 Å². The molecule has 0 aromatic carbocycles. The van der Waals surface area contributed by atoms with Crippen molar-refractivity contribution in [2.75, 3.05) is 27.4 Å². The van der Waals surface area contributed by atoms with Gasteiger partial charge in [0.2, 0.25) is 0 Å². The Balaban J connectivity index is 0. The minimum Gasteiger partial charge on any atom is -0.382 e. The van der Waals surface area contributed by atoms with E-state index in [0.29, 0.717) is 13.2 Å². The molecule has 0 bridgehead atoms. The van der Waals surface area contributed by atoms with E-state index in [2.05, 4.69) is 9.47 Å². The smallest absolute Gasteiger partial charge is 0.0696 e. The molecule has 0 N–H and O–H groups in total. The maximum Gasteiger partial charge on any atom is 0.0696 e. The lowest BCUT2D eigenvalue weighted by Gasteiger charge is -1.91. The molecule has 0 aromatic rings. The number of ether oxygens (including phenoxy) is 2. The molecule has 0 aliphatic heterocycles. The molecule has 0 spiro atoms. The first kappa shape index (κ1) is 10.0. The lowest BCUT2D eigenvalue weighted by molar-refractivity contribution is 0.103. The summed E-state index contributed by atoms with van der Waals surface area (Å²) in [7, 11) is 3.30. The van der Waals surface area contributed by atoms with Gasteiger partial charge in [-0.15, -0.1) is 0 Å². The van der Waals surface area contributed by atoms with Gasteiger partial charge in [0, 0.05) is 14.2 Å². The minimum atomic E-state index is 0. The van der Waals surface area contributed by atoms with Gasteiger partial charge in [0.25, 0.3) is 0 Å². The monoisotopic (exact) mass is 103 g/mol. The average molecular weight is 103 g/mol. The highest BCUT2D eigenvalue weighted by Crippen LogP contribution is 1.65. The summed E-state index contributed by atoms with van der Waals surface area (Å²) >= 11 is 0. The molecule has 0 amide bonds. The summed E-state index contributed by atoms with van der Waals surface area (Å²) in [5.74, 6) is 0. The van der Waals surface area contributed by atoms with Crippen molar-refractivity contribution in [3.05, 3.63) is 7.43 Å². The van der Waals surface area contributed by atoms with Crippen molar-refractivity contribution in [3.8, 4) is 0 Å². The quantitative estimate of drug-likeness (QED) is 0.484. The van der Waals surface area contributed by atoms with Crippen LogP contribution in [-0.2, 0) is 9.47 Å². The average Bonchev–Trinajstić information content (AvgIpc) is 1.61. The van der Waals surface area contributed by atoms with Gasteiger partial charge >= 0.3 is 0 Å². The second-order valence-corrected chi connectivity index (χ2v) is 0.986. The van der Waals surface area contributed by atoms with Crippen LogP contribution in [0.15, 0.2) is 0 Å². The van der Waals surface area contributed by atoms with Crippen LogP contribution in [0.4, 0.5) is 0 Å². The van der Waals surface area contributed by atoms with Crippen molar-refractivity contribution in [1.29, 1.82) is 0 Å². The maximum absolute atomic E-state index is 4.66. The van der Waals surface area contributed by atoms with Crippen molar-refractivity contribution in [1.82, 2.24) is 0 Å². The van der Waals surface area contributed by atoms with Crippen LogP contribution in [0.5, 0.6) is 0 Å². The molecule has 0 unspecified atom stereocenters. The number of methoxy groups -OCH3 is 2. The predicted octanol–water partition coefficient (Wildman–Crippen LogP) is 0.483.